The fraction of sp³-hybridized carbons (Fsp3) is 0.562. The fourth-order valence-electron chi connectivity index (χ4n) is 3.04. The summed E-state index contributed by atoms with van der Waals surface area (Å²) in [5.74, 6) is 0.866. The Bertz CT molecular complexity index is 598. The molecule has 1 saturated carbocycles. The Labute approximate surface area is 130 Å². The lowest BCUT2D eigenvalue weighted by molar-refractivity contribution is 0.415. The van der Waals surface area contributed by atoms with E-state index in [-0.39, 0.29) is 0 Å². The zero-order valence-corrected chi connectivity index (χ0v) is 13.5. The largest absolute Gasteiger partial charge is 0.497 e. The monoisotopic (exact) mass is 305 g/mol. The van der Waals surface area contributed by atoms with Gasteiger partial charge in [0, 0.05) is 17.4 Å². The van der Waals surface area contributed by atoms with Gasteiger partial charge in [-0.1, -0.05) is 31.0 Å². The van der Waals surface area contributed by atoms with Gasteiger partial charge in [0.25, 0.3) is 0 Å². The molecule has 1 aromatic heterocycles. The second-order valence-electron chi connectivity index (χ2n) is 5.61. The van der Waals surface area contributed by atoms with Gasteiger partial charge in [0.05, 0.1) is 18.1 Å². The van der Waals surface area contributed by atoms with Crippen LogP contribution in [0.5, 0.6) is 5.75 Å². The number of thioether (sulfide) groups is 1. The minimum Gasteiger partial charge on any atom is -0.497 e. The zero-order chi connectivity index (χ0) is 14.7. The Morgan fingerprint density at radius 3 is 2.95 bits per heavy atom. The Balaban J connectivity index is 1.79. The van der Waals surface area contributed by atoms with Crippen molar-refractivity contribution >= 4 is 22.8 Å². The van der Waals surface area contributed by atoms with E-state index in [0.717, 1.165) is 21.9 Å². The van der Waals surface area contributed by atoms with Gasteiger partial charge in [0.1, 0.15) is 5.75 Å². The van der Waals surface area contributed by atoms with Crippen LogP contribution in [0.3, 0.4) is 0 Å². The standard InChI is InChI=1S/C16H23N3OS/c1-17-13-6-4-3-5-7-15(13)21-16-18-12-9-8-11(20-2)10-14(12)19-16/h8-10,13,15,17H,3-7H2,1-2H3,(H,18,19). The second kappa shape index (κ2) is 6.71. The zero-order valence-electron chi connectivity index (χ0n) is 12.7. The lowest BCUT2D eigenvalue weighted by Crippen LogP contribution is -2.34. The average Bonchev–Trinajstić information content (AvgIpc) is 2.77. The molecule has 0 radical (unpaired) electrons. The molecule has 3 rings (SSSR count). The van der Waals surface area contributed by atoms with Crippen LogP contribution < -0.4 is 10.1 Å². The summed E-state index contributed by atoms with van der Waals surface area (Å²) in [5, 5.41) is 5.10. The number of benzene rings is 1. The third-order valence-electron chi connectivity index (χ3n) is 4.25. The number of H-pyrrole nitrogens is 1. The number of fused-ring (bicyclic) bond motifs is 1. The molecule has 2 N–H and O–H groups in total. The maximum atomic E-state index is 5.27. The molecule has 5 heteroatoms. The highest BCUT2D eigenvalue weighted by atomic mass is 32.2. The molecule has 2 atom stereocenters. The van der Waals surface area contributed by atoms with Gasteiger partial charge in [-0.2, -0.15) is 0 Å². The minimum atomic E-state index is 0.584. The van der Waals surface area contributed by atoms with Gasteiger partial charge >= 0.3 is 0 Å². The van der Waals surface area contributed by atoms with Gasteiger partial charge in [-0.3, -0.25) is 0 Å². The first-order valence-electron chi connectivity index (χ1n) is 7.68. The van der Waals surface area contributed by atoms with Crippen LogP contribution in [-0.2, 0) is 0 Å². The fourth-order valence-corrected chi connectivity index (χ4v) is 4.36. The van der Waals surface area contributed by atoms with Gasteiger partial charge in [0.2, 0.25) is 0 Å². The first kappa shape index (κ1) is 14.7. The number of nitrogens with one attached hydrogen (secondary N) is 2. The van der Waals surface area contributed by atoms with E-state index in [1.807, 2.05) is 30.0 Å². The van der Waals surface area contributed by atoms with E-state index < -0.39 is 0 Å². The van der Waals surface area contributed by atoms with Gasteiger partial charge in [-0.25, -0.2) is 4.98 Å². The minimum absolute atomic E-state index is 0.584. The average molecular weight is 305 g/mol. The van der Waals surface area contributed by atoms with E-state index in [4.69, 9.17) is 9.72 Å². The molecule has 2 unspecified atom stereocenters. The van der Waals surface area contributed by atoms with E-state index in [0.29, 0.717) is 11.3 Å². The number of rotatable bonds is 4. The third kappa shape index (κ3) is 3.35. The first-order chi connectivity index (χ1) is 10.3. The van der Waals surface area contributed by atoms with Crippen LogP contribution in [0.1, 0.15) is 32.1 Å². The second-order valence-corrected chi connectivity index (χ2v) is 6.84. The summed E-state index contributed by atoms with van der Waals surface area (Å²) in [6, 6.07) is 6.56. The molecular weight excluding hydrogens is 282 g/mol. The van der Waals surface area contributed by atoms with Crippen molar-refractivity contribution in [3.8, 4) is 5.75 Å². The molecule has 0 amide bonds. The molecular formula is C16H23N3OS. The number of aromatic nitrogens is 2. The molecule has 1 fully saturated rings. The highest BCUT2D eigenvalue weighted by Crippen LogP contribution is 2.33. The van der Waals surface area contributed by atoms with E-state index in [1.54, 1.807) is 7.11 Å². The molecule has 1 aliphatic carbocycles. The van der Waals surface area contributed by atoms with Crippen LogP contribution >= 0.6 is 11.8 Å². The van der Waals surface area contributed by atoms with Crippen molar-refractivity contribution in [3.05, 3.63) is 18.2 Å². The Morgan fingerprint density at radius 2 is 2.14 bits per heavy atom. The molecule has 4 nitrogen and oxygen atoms in total. The Kier molecular flexibility index (Phi) is 4.70. The highest BCUT2D eigenvalue weighted by molar-refractivity contribution is 7.99. The van der Waals surface area contributed by atoms with Crippen LogP contribution in [0, 0.1) is 0 Å². The van der Waals surface area contributed by atoms with Crippen LogP contribution in [-0.4, -0.2) is 35.4 Å². The summed E-state index contributed by atoms with van der Waals surface area (Å²) in [4.78, 5) is 8.13. The van der Waals surface area contributed by atoms with Crippen molar-refractivity contribution in [2.45, 2.75) is 48.6 Å². The molecule has 1 aromatic carbocycles. The summed E-state index contributed by atoms with van der Waals surface area (Å²) < 4.78 is 5.27. The summed E-state index contributed by atoms with van der Waals surface area (Å²) in [6.07, 6.45) is 6.54. The van der Waals surface area contributed by atoms with Crippen LogP contribution in [0.4, 0.5) is 0 Å². The first-order valence-corrected chi connectivity index (χ1v) is 8.56. The predicted octanol–water partition coefficient (Wildman–Crippen LogP) is 3.58. The van der Waals surface area contributed by atoms with Gasteiger partial charge < -0.3 is 15.0 Å². The lowest BCUT2D eigenvalue weighted by atomic mass is 10.1. The number of methoxy groups -OCH3 is 1. The van der Waals surface area contributed by atoms with E-state index >= 15 is 0 Å². The molecule has 0 spiro atoms. The molecule has 21 heavy (non-hydrogen) atoms. The van der Waals surface area contributed by atoms with E-state index in [1.165, 1.54) is 32.1 Å². The molecule has 1 aliphatic rings. The van der Waals surface area contributed by atoms with Crippen molar-refractivity contribution in [3.63, 3.8) is 0 Å². The summed E-state index contributed by atoms with van der Waals surface area (Å²) in [5.41, 5.74) is 2.06. The van der Waals surface area contributed by atoms with Crippen LogP contribution in [0.25, 0.3) is 11.0 Å². The van der Waals surface area contributed by atoms with Gasteiger partial charge in [0.15, 0.2) is 5.16 Å². The summed E-state index contributed by atoms with van der Waals surface area (Å²) >= 11 is 1.88. The van der Waals surface area contributed by atoms with Crippen molar-refractivity contribution in [1.29, 1.82) is 0 Å². The topological polar surface area (TPSA) is 49.9 Å². The maximum Gasteiger partial charge on any atom is 0.166 e. The SMILES string of the molecule is CNC1CCCCCC1Sc1nc2ccc(OC)cc2[nH]1. The number of hydrogen-bond donors (Lipinski definition) is 2. The molecule has 0 saturated heterocycles. The predicted molar refractivity (Wildman–Crippen MR) is 88.2 cm³/mol. The van der Waals surface area contributed by atoms with Gasteiger partial charge in [-0.05, 0) is 32.0 Å². The van der Waals surface area contributed by atoms with Crippen molar-refractivity contribution in [1.82, 2.24) is 15.3 Å². The number of imidazole rings is 1. The normalized spacial score (nSPS) is 23.1. The lowest BCUT2D eigenvalue weighted by Gasteiger charge is -2.23. The summed E-state index contributed by atoms with van der Waals surface area (Å²) in [6.45, 7) is 0. The smallest absolute Gasteiger partial charge is 0.166 e. The van der Waals surface area contributed by atoms with Crippen molar-refractivity contribution in [2.24, 2.45) is 0 Å². The van der Waals surface area contributed by atoms with Crippen molar-refractivity contribution in [2.75, 3.05) is 14.2 Å². The number of nitrogens with zero attached hydrogens (tertiary/aromatic N) is 1. The van der Waals surface area contributed by atoms with E-state index in [2.05, 4.69) is 17.3 Å². The van der Waals surface area contributed by atoms with E-state index in [9.17, 15) is 0 Å². The summed E-state index contributed by atoms with van der Waals surface area (Å²) in [7, 11) is 3.77. The van der Waals surface area contributed by atoms with Gasteiger partial charge in [-0.15, -0.1) is 0 Å². The number of ether oxygens (including phenoxy) is 1. The number of hydrogen-bond acceptors (Lipinski definition) is 4. The highest BCUT2D eigenvalue weighted by Gasteiger charge is 2.24. The molecule has 2 aromatic rings. The van der Waals surface area contributed by atoms with Crippen LogP contribution in [0.2, 0.25) is 0 Å². The van der Waals surface area contributed by atoms with Crippen LogP contribution in [0.15, 0.2) is 23.4 Å². The molecule has 114 valence electrons. The van der Waals surface area contributed by atoms with Crippen molar-refractivity contribution < 1.29 is 4.74 Å². The molecule has 0 bridgehead atoms. The molecule has 1 heterocycles. The Morgan fingerprint density at radius 1 is 1.29 bits per heavy atom. The maximum absolute atomic E-state index is 5.27. The quantitative estimate of drug-likeness (QED) is 0.848. The molecule has 0 aliphatic heterocycles. The number of aromatic amines is 1. The third-order valence-corrected chi connectivity index (χ3v) is 5.54. The Hall–Kier alpha value is -1.20.